The van der Waals surface area contributed by atoms with E-state index >= 15 is 0 Å². The van der Waals surface area contributed by atoms with Crippen molar-refractivity contribution >= 4 is 5.78 Å². The molecule has 3 rings (SSSR count). The van der Waals surface area contributed by atoms with Crippen LogP contribution in [0.1, 0.15) is 28.4 Å². The number of hydrogen-bond donors (Lipinski definition) is 4. The van der Waals surface area contributed by atoms with E-state index in [1.54, 1.807) is 0 Å². The largest absolute Gasteiger partial charge is 0.507 e. The molecular formula is C16H14O7. The molecule has 7 heteroatoms. The van der Waals surface area contributed by atoms with Crippen molar-refractivity contribution in [3.05, 3.63) is 35.4 Å². The zero-order chi connectivity index (χ0) is 16.7. The Balaban J connectivity index is 2.09. The first kappa shape index (κ1) is 14.8. The van der Waals surface area contributed by atoms with E-state index in [1.165, 1.54) is 25.3 Å². The van der Waals surface area contributed by atoms with Crippen molar-refractivity contribution in [3.63, 3.8) is 0 Å². The number of ether oxygens (including phenoxy) is 2. The van der Waals surface area contributed by atoms with Gasteiger partial charge in [0.05, 0.1) is 13.5 Å². The van der Waals surface area contributed by atoms with Crippen LogP contribution >= 0.6 is 0 Å². The molecule has 0 fully saturated rings. The molecule has 1 aliphatic rings. The van der Waals surface area contributed by atoms with Gasteiger partial charge >= 0.3 is 0 Å². The van der Waals surface area contributed by atoms with E-state index in [1.807, 2.05) is 0 Å². The minimum atomic E-state index is -0.753. The van der Waals surface area contributed by atoms with Crippen LogP contribution in [0.5, 0.6) is 34.5 Å². The highest BCUT2D eigenvalue weighted by Gasteiger charge is 2.34. The summed E-state index contributed by atoms with van der Waals surface area (Å²) in [5.74, 6) is -1.88. The highest BCUT2D eigenvalue weighted by Crippen LogP contribution is 2.49. The molecule has 1 atom stereocenters. The molecule has 0 spiro atoms. The van der Waals surface area contributed by atoms with Gasteiger partial charge in [-0.15, -0.1) is 0 Å². The number of phenols is 4. The molecule has 2 aromatic carbocycles. The number of methoxy groups -OCH3 is 1. The third-order valence-electron chi connectivity index (χ3n) is 3.68. The van der Waals surface area contributed by atoms with E-state index in [4.69, 9.17) is 9.47 Å². The highest BCUT2D eigenvalue weighted by molar-refractivity contribution is 6.03. The van der Waals surface area contributed by atoms with Gasteiger partial charge in [-0.05, 0) is 17.7 Å². The summed E-state index contributed by atoms with van der Waals surface area (Å²) in [6.07, 6.45) is -0.824. The molecule has 0 aliphatic carbocycles. The van der Waals surface area contributed by atoms with Crippen LogP contribution in [-0.2, 0) is 0 Å². The number of carbonyl (C=O) groups is 1. The molecule has 0 amide bonds. The van der Waals surface area contributed by atoms with Gasteiger partial charge in [-0.3, -0.25) is 4.79 Å². The van der Waals surface area contributed by atoms with Crippen LogP contribution in [0.2, 0.25) is 0 Å². The SMILES string of the molecule is COc1c(O)cc(O)c2c1O[C@H](c1ccc(O)c(O)c1)CC2=O. The summed E-state index contributed by atoms with van der Waals surface area (Å²) < 4.78 is 10.8. The molecular weight excluding hydrogens is 304 g/mol. The number of fused-ring (bicyclic) bond motifs is 1. The number of hydrogen-bond acceptors (Lipinski definition) is 7. The van der Waals surface area contributed by atoms with Gasteiger partial charge < -0.3 is 29.9 Å². The van der Waals surface area contributed by atoms with Crippen LogP contribution in [0, 0.1) is 0 Å². The summed E-state index contributed by atoms with van der Waals surface area (Å²) in [6, 6.07) is 5.09. The monoisotopic (exact) mass is 318 g/mol. The van der Waals surface area contributed by atoms with Crippen molar-refractivity contribution in [2.75, 3.05) is 7.11 Å². The second-order valence-corrected chi connectivity index (χ2v) is 5.13. The average Bonchev–Trinajstić information content (AvgIpc) is 2.49. The van der Waals surface area contributed by atoms with Crippen molar-refractivity contribution in [2.24, 2.45) is 0 Å². The number of phenolic OH excluding ortho intramolecular Hbond substituents is 4. The summed E-state index contributed by atoms with van der Waals surface area (Å²) >= 11 is 0. The topological polar surface area (TPSA) is 116 Å². The van der Waals surface area contributed by atoms with E-state index in [0.717, 1.165) is 6.07 Å². The lowest BCUT2D eigenvalue weighted by Gasteiger charge is -2.27. The standard InChI is InChI=1S/C16H14O7/c1-22-15-12(21)5-10(19)14-11(20)6-13(23-16(14)15)7-2-3-8(17)9(18)4-7/h2-5,13,17-19,21H,6H2,1H3/t13-/m0/s1. The second kappa shape index (κ2) is 5.28. The minimum absolute atomic E-state index is 0.0566. The summed E-state index contributed by atoms with van der Waals surface area (Å²) in [5, 5.41) is 38.6. The smallest absolute Gasteiger partial charge is 0.204 e. The number of aromatic hydroxyl groups is 4. The predicted octanol–water partition coefficient (Wildman–Crippen LogP) is 2.22. The van der Waals surface area contributed by atoms with Crippen molar-refractivity contribution in [1.82, 2.24) is 0 Å². The van der Waals surface area contributed by atoms with Gasteiger partial charge in [-0.1, -0.05) is 6.07 Å². The van der Waals surface area contributed by atoms with Gasteiger partial charge in [0.15, 0.2) is 28.8 Å². The lowest BCUT2D eigenvalue weighted by molar-refractivity contribution is 0.0836. The quantitative estimate of drug-likeness (QED) is 0.627. The fourth-order valence-electron chi connectivity index (χ4n) is 2.57. The normalized spacial score (nSPS) is 16.6. The zero-order valence-corrected chi connectivity index (χ0v) is 12.1. The van der Waals surface area contributed by atoms with Gasteiger partial charge in [-0.25, -0.2) is 0 Å². The van der Waals surface area contributed by atoms with Crippen LogP contribution in [0.3, 0.4) is 0 Å². The number of rotatable bonds is 2. The van der Waals surface area contributed by atoms with E-state index < -0.39 is 11.9 Å². The maximum absolute atomic E-state index is 12.3. The second-order valence-electron chi connectivity index (χ2n) is 5.13. The van der Waals surface area contributed by atoms with Crippen molar-refractivity contribution < 1.29 is 34.7 Å². The van der Waals surface area contributed by atoms with Crippen LogP contribution in [0.4, 0.5) is 0 Å². The number of benzene rings is 2. The molecule has 7 nitrogen and oxygen atoms in total. The first-order valence-corrected chi connectivity index (χ1v) is 6.77. The minimum Gasteiger partial charge on any atom is -0.507 e. The molecule has 1 heterocycles. The average molecular weight is 318 g/mol. The zero-order valence-electron chi connectivity index (χ0n) is 12.1. The predicted molar refractivity (Wildman–Crippen MR) is 78.4 cm³/mol. The van der Waals surface area contributed by atoms with Crippen molar-refractivity contribution in [1.29, 1.82) is 0 Å². The maximum Gasteiger partial charge on any atom is 0.204 e. The molecule has 0 aromatic heterocycles. The number of Topliss-reactive ketones (excluding diaryl/α,β-unsaturated/α-hetero) is 1. The Bertz CT molecular complexity index is 798. The van der Waals surface area contributed by atoms with Crippen LogP contribution in [0.25, 0.3) is 0 Å². The first-order chi connectivity index (χ1) is 10.9. The van der Waals surface area contributed by atoms with Gasteiger partial charge in [-0.2, -0.15) is 0 Å². The third kappa shape index (κ3) is 2.36. The van der Waals surface area contributed by atoms with Crippen molar-refractivity contribution in [2.45, 2.75) is 12.5 Å². The summed E-state index contributed by atoms with van der Waals surface area (Å²) in [7, 11) is 1.30. The Morgan fingerprint density at radius 1 is 1.04 bits per heavy atom. The molecule has 0 saturated carbocycles. The van der Waals surface area contributed by atoms with Crippen LogP contribution in [0.15, 0.2) is 24.3 Å². The van der Waals surface area contributed by atoms with E-state index in [-0.39, 0.29) is 46.5 Å². The van der Waals surface area contributed by atoms with Crippen LogP contribution < -0.4 is 9.47 Å². The molecule has 0 radical (unpaired) electrons. The Morgan fingerprint density at radius 2 is 1.78 bits per heavy atom. The maximum atomic E-state index is 12.3. The summed E-state index contributed by atoms with van der Waals surface area (Å²) in [6.45, 7) is 0. The molecule has 0 saturated heterocycles. The lowest BCUT2D eigenvalue weighted by Crippen LogP contribution is -2.21. The van der Waals surface area contributed by atoms with Gasteiger partial charge in [0, 0.05) is 6.07 Å². The molecule has 120 valence electrons. The van der Waals surface area contributed by atoms with E-state index in [2.05, 4.69) is 0 Å². The van der Waals surface area contributed by atoms with Crippen LogP contribution in [-0.4, -0.2) is 33.3 Å². The summed E-state index contributed by atoms with van der Waals surface area (Å²) in [4.78, 5) is 12.3. The van der Waals surface area contributed by atoms with E-state index in [0.29, 0.717) is 5.56 Å². The fourth-order valence-corrected chi connectivity index (χ4v) is 2.57. The summed E-state index contributed by atoms with van der Waals surface area (Å²) in [5.41, 5.74) is 0.406. The van der Waals surface area contributed by atoms with E-state index in [9.17, 15) is 25.2 Å². The van der Waals surface area contributed by atoms with Gasteiger partial charge in [0.1, 0.15) is 17.4 Å². The van der Waals surface area contributed by atoms with Gasteiger partial charge in [0.25, 0.3) is 0 Å². The Hall–Kier alpha value is -3.09. The lowest BCUT2D eigenvalue weighted by atomic mass is 9.95. The molecule has 4 N–H and O–H groups in total. The molecule has 23 heavy (non-hydrogen) atoms. The first-order valence-electron chi connectivity index (χ1n) is 6.77. The number of ketones is 1. The Morgan fingerprint density at radius 3 is 2.43 bits per heavy atom. The fraction of sp³-hybridized carbons (Fsp3) is 0.188. The number of carbonyl (C=O) groups excluding carboxylic acids is 1. The molecule has 0 bridgehead atoms. The molecule has 0 unspecified atom stereocenters. The molecule has 1 aliphatic heterocycles. The Labute approximate surface area is 131 Å². The Kier molecular flexibility index (Phi) is 3.40. The van der Waals surface area contributed by atoms with Crippen molar-refractivity contribution in [3.8, 4) is 34.5 Å². The molecule has 2 aromatic rings. The third-order valence-corrected chi connectivity index (χ3v) is 3.68. The highest BCUT2D eigenvalue weighted by atomic mass is 16.5. The van der Waals surface area contributed by atoms with Gasteiger partial charge in [0.2, 0.25) is 5.75 Å².